The number of benzene rings is 1. The molecule has 0 fully saturated rings. The number of nitrogens with zero attached hydrogens (tertiary/aromatic N) is 1. The number of quaternary nitrogens is 1. The lowest BCUT2D eigenvalue weighted by Crippen LogP contribution is -2.47. The Labute approximate surface area is 182 Å². The number of sulfonamides is 1. The molecule has 1 atom stereocenters. The van der Waals surface area contributed by atoms with Gasteiger partial charge in [0.25, 0.3) is 0 Å². The van der Waals surface area contributed by atoms with Crippen LogP contribution in [0.5, 0.6) is 0 Å². The summed E-state index contributed by atoms with van der Waals surface area (Å²) in [5, 5.41) is 0. The summed E-state index contributed by atoms with van der Waals surface area (Å²) in [5.41, 5.74) is 1.92. The zero-order valence-corrected chi connectivity index (χ0v) is 20.4. The van der Waals surface area contributed by atoms with Gasteiger partial charge in [-0.1, -0.05) is 32.9 Å². The normalized spacial score (nSPS) is 14.0. The van der Waals surface area contributed by atoms with E-state index in [0.717, 1.165) is 12.3 Å². The monoisotopic (exact) mass is 466 g/mol. The van der Waals surface area contributed by atoms with E-state index in [1.54, 1.807) is 6.92 Å². The van der Waals surface area contributed by atoms with Gasteiger partial charge in [0.15, 0.2) is 0 Å². The van der Waals surface area contributed by atoms with Gasteiger partial charge in [-0.2, -0.15) is 0 Å². The molecule has 1 aromatic rings. The number of aryl methyl sites for hydroxylation is 1. The highest BCUT2D eigenvalue weighted by atomic mass is 32.3. The van der Waals surface area contributed by atoms with Crippen LogP contribution in [0, 0.1) is 5.92 Å². The van der Waals surface area contributed by atoms with Crippen molar-refractivity contribution < 1.29 is 30.4 Å². The van der Waals surface area contributed by atoms with Gasteiger partial charge in [-0.3, -0.25) is 9.27 Å². The fourth-order valence-electron chi connectivity index (χ4n) is 3.53. The molecule has 8 nitrogen and oxygen atoms in total. The van der Waals surface area contributed by atoms with Crippen LogP contribution in [-0.4, -0.2) is 62.9 Å². The number of hydrogen-bond donors (Lipinski definition) is 2. The molecule has 0 aliphatic rings. The van der Waals surface area contributed by atoms with E-state index in [4.69, 9.17) is 17.5 Å². The van der Waals surface area contributed by atoms with E-state index in [0.29, 0.717) is 5.69 Å². The fraction of sp³-hybridized carbons (Fsp3) is 0.700. The highest BCUT2D eigenvalue weighted by molar-refractivity contribution is 7.92. The molecule has 0 bridgehead atoms. The summed E-state index contributed by atoms with van der Waals surface area (Å²) in [6.45, 7) is 12.3. The smallest absolute Gasteiger partial charge is 0.232 e. The summed E-state index contributed by atoms with van der Waals surface area (Å²) in [5.74, 6) is 0.830. The first-order chi connectivity index (χ1) is 13.7. The number of hydrogen-bond acceptors (Lipinski definition) is 5. The van der Waals surface area contributed by atoms with Crippen LogP contribution in [0.4, 0.5) is 5.69 Å². The summed E-state index contributed by atoms with van der Waals surface area (Å²) in [7, 11) is -5.72. The molecule has 0 aromatic heterocycles. The zero-order chi connectivity index (χ0) is 23.4. The SMILES string of the molecule is CCC[N+](C)(CCCCc1ccc(NS(=O)(=O)CC)cc1)CC(C)C.O=S(=O)([O-])O. The van der Waals surface area contributed by atoms with Crippen LogP contribution in [0.2, 0.25) is 0 Å². The van der Waals surface area contributed by atoms with Crippen LogP contribution in [0.25, 0.3) is 0 Å². The maximum Gasteiger partial charge on any atom is 0.232 e. The molecule has 0 saturated heterocycles. The van der Waals surface area contributed by atoms with Crippen molar-refractivity contribution in [2.24, 2.45) is 5.92 Å². The minimum absolute atomic E-state index is 0.0971. The Bertz CT molecular complexity index is 800. The van der Waals surface area contributed by atoms with Gasteiger partial charge in [0.2, 0.25) is 20.4 Å². The van der Waals surface area contributed by atoms with Crippen molar-refractivity contribution in [3.8, 4) is 0 Å². The van der Waals surface area contributed by atoms with Crippen molar-refractivity contribution in [2.75, 3.05) is 37.2 Å². The van der Waals surface area contributed by atoms with Crippen molar-refractivity contribution in [3.05, 3.63) is 29.8 Å². The van der Waals surface area contributed by atoms with E-state index in [1.165, 1.54) is 48.9 Å². The Kier molecular flexibility index (Phi) is 12.7. The first-order valence-electron chi connectivity index (χ1n) is 10.3. The Morgan fingerprint density at radius 3 is 2.00 bits per heavy atom. The van der Waals surface area contributed by atoms with Gasteiger partial charge in [-0.25, -0.2) is 16.8 Å². The van der Waals surface area contributed by atoms with Crippen molar-refractivity contribution in [3.63, 3.8) is 0 Å². The Morgan fingerprint density at radius 1 is 1.03 bits per heavy atom. The second-order valence-corrected chi connectivity index (χ2v) is 11.1. The molecule has 0 aliphatic carbocycles. The molecular weight excluding hydrogens is 428 g/mol. The quantitative estimate of drug-likeness (QED) is 0.211. The maximum atomic E-state index is 11.6. The Morgan fingerprint density at radius 2 is 1.57 bits per heavy atom. The molecule has 176 valence electrons. The lowest BCUT2D eigenvalue weighted by atomic mass is 10.1. The van der Waals surface area contributed by atoms with E-state index < -0.39 is 20.4 Å². The molecule has 0 amide bonds. The fourth-order valence-corrected chi connectivity index (χ4v) is 4.17. The summed E-state index contributed by atoms with van der Waals surface area (Å²) in [6.07, 6.45) is 4.69. The van der Waals surface area contributed by atoms with Crippen LogP contribution < -0.4 is 4.72 Å². The first kappa shape index (κ1) is 28.8. The Hall–Kier alpha value is -1.20. The van der Waals surface area contributed by atoms with E-state index in [9.17, 15) is 8.42 Å². The van der Waals surface area contributed by atoms with Crippen LogP contribution >= 0.6 is 0 Å². The second-order valence-electron chi connectivity index (χ2n) is 8.23. The molecule has 1 aromatic carbocycles. The molecule has 10 heteroatoms. The number of unbranched alkanes of at least 4 members (excludes halogenated alkanes) is 1. The minimum atomic E-state index is -4.92. The molecule has 2 N–H and O–H groups in total. The minimum Gasteiger partial charge on any atom is -0.726 e. The topological polar surface area (TPSA) is 124 Å². The third-order valence-electron chi connectivity index (χ3n) is 4.59. The van der Waals surface area contributed by atoms with E-state index in [-0.39, 0.29) is 5.75 Å². The van der Waals surface area contributed by atoms with Crippen molar-refractivity contribution in [1.29, 1.82) is 0 Å². The van der Waals surface area contributed by atoms with Gasteiger partial charge in [-0.15, -0.1) is 0 Å². The summed E-state index contributed by atoms with van der Waals surface area (Å²) in [4.78, 5) is 0. The molecule has 0 radical (unpaired) electrons. The zero-order valence-electron chi connectivity index (χ0n) is 18.8. The van der Waals surface area contributed by atoms with Gasteiger partial charge in [0.1, 0.15) is 0 Å². The predicted octanol–water partition coefficient (Wildman–Crippen LogP) is 3.29. The molecule has 1 rings (SSSR count). The van der Waals surface area contributed by atoms with Crippen molar-refractivity contribution in [1.82, 2.24) is 0 Å². The summed E-state index contributed by atoms with van der Waals surface area (Å²) < 4.78 is 59.7. The largest absolute Gasteiger partial charge is 0.726 e. The predicted molar refractivity (Wildman–Crippen MR) is 121 cm³/mol. The lowest BCUT2D eigenvalue weighted by molar-refractivity contribution is -0.912. The van der Waals surface area contributed by atoms with Gasteiger partial charge in [-0.05, 0) is 50.3 Å². The van der Waals surface area contributed by atoms with Gasteiger partial charge >= 0.3 is 0 Å². The third-order valence-corrected chi connectivity index (χ3v) is 5.90. The average molecular weight is 467 g/mol. The standard InChI is InChI=1S/C20H37N2O2S.H2O4S/c1-6-15-22(5,17-18(3)4)16-9-8-10-19-11-13-20(14-12-19)21-25(23,24)7-2;1-5(2,3)4/h11-14,18,21H,6-10,15-17H2,1-5H3;(H2,1,2,3,4)/q+1;/p-1. The van der Waals surface area contributed by atoms with Crippen LogP contribution in [0.1, 0.15) is 52.5 Å². The van der Waals surface area contributed by atoms with Crippen LogP contribution in [-0.2, 0) is 26.8 Å². The molecule has 30 heavy (non-hydrogen) atoms. The van der Waals surface area contributed by atoms with Crippen molar-refractivity contribution in [2.45, 2.75) is 53.4 Å². The lowest BCUT2D eigenvalue weighted by Gasteiger charge is -2.36. The molecule has 0 heterocycles. The molecule has 0 spiro atoms. The molecule has 0 saturated carbocycles. The molecule has 1 unspecified atom stereocenters. The second kappa shape index (κ2) is 13.3. The highest BCUT2D eigenvalue weighted by Gasteiger charge is 2.21. The maximum absolute atomic E-state index is 11.6. The van der Waals surface area contributed by atoms with Crippen molar-refractivity contribution >= 4 is 26.1 Å². The van der Waals surface area contributed by atoms with Crippen LogP contribution in [0.15, 0.2) is 24.3 Å². The highest BCUT2D eigenvalue weighted by Crippen LogP contribution is 2.15. The van der Waals surface area contributed by atoms with Gasteiger partial charge < -0.3 is 9.04 Å². The summed E-state index contributed by atoms with van der Waals surface area (Å²) >= 11 is 0. The van der Waals surface area contributed by atoms with E-state index in [2.05, 4.69) is 32.5 Å². The van der Waals surface area contributed by atoms with Gasteiger partial charge in [0.05, 0.1) is 32.4 Å². The number of nitrogens with one attached hydrogen (secondary N) is 1. The third kappa shape index (κ3) is 15.6. The average Bonchev–Trinajstić information content (AvgIpc) is 2.58. The molecule has 0 aliphatic heterocycles. The number of anilines is 1. The van der Waals surface area contributed by atoms with E-state index in [1.807, 2.05) is 24.3 Å². The van der Waals surface area contributed by atoms with E-state index >= 15 is 0 Å². The van der Waals surface area contributed by atoms with Gasteiger partial charge in [0, 0.05) is 11.6 Å². The first-order valence-corrected chi connectivity index (χ1v) is 13.3. The molecular formula is C20H38N2O6S2. The summed E-state index contributed by atoms with van der Waals surface area (Å²) in [6, 6.07) is 7.78. The van der Waals surface area contributed by atoms with Crippen LogP contribution in [0.3, 0.4) is 0 Å². The number of rotatable bonds is 12. The Balaban J connectivity index is 0.00000150.